The number of hydrogen-bond donors (Lipinski definition) is 0. The van der Waals surface area contributed by atoms with Gasteiger partial charge in [0.1, 0.15) is 0 Å². The van der Waals surface area contributed by atoms with E-state index in [0.29, 0.717) is 12.2 Å². The third-order valence-corrected chi connectivity index (χ3v) is 5.41. The molecule has 1 aliphatic rings. The van der Waals surface area contributed by atoms with E-state index in [2.05, 4.69) is 34.6 Å². The van der Waals surface area contributed by atoms with E-state index >= 15 is 0 Å². The second-order valence-electron chi connectivity index (χ2n) is 7.52. The van der Waals surface area contributed by atoms with Gasteiger partial charge in [-0.05, 0) is 49.4 Å². The Labute approximate surface area is 171 Å². The van der Waals surface area contributed by atoms with Crippen molar-refractivity contribution in [1.82, 2.24) is 19.9 Å². The molecular formula is C23H26N4O2. The molecule has 0 bridgehead atoms. The molecule has 150 valence electrons. The van der Waals surface area contributed by atoms with Crippen LogP contribution in [0.15, 0.2) is 54.6 Å². The Morgan fingerprint density at radius 1 is 1.10 bits per heavy atom. The number of carbonyl (C=O) groups is 1. The van der Waals surface area contributed by atoms with E-state index in [0.717, 1.165) is 48.4 Å². The lowest BCUT2D eigenvalue weighted by molar-refractivity contribution is -0.000308. The van der Waals surface area contributed by atoms with Crippen LogP contribution in [0.1, 0.15) is 35.4 Å². The van der Waals surface area contributed by atoms with E-state index in [4.69, 9.17) is 4.74 Å². The van der Waals surface area contributed by atoms with Crippen LogP contribution in [0.5, 0.6) is 0 Å². The standard InChI is InChI=1S/C23H26N4O2/c1-17-22(23(28)26(2)16-21-10-6-7-15-29-21)24-25-27(17)20-13-11-19(12-14-20)18-8-4-3-5-9-18/h3-5,8-9,11-14,21H,6-7,10,15-16H2,1-2H3. The molecule has 4 rings (SSSR count). The lowest BCUT2D eigenvalue weighted by atomic mass is 10.1. The molecule has 0 spiro atoms. The van der Waals surface area contributed by atoms with E-state index < -0.39 is 0 Å². The molecule has 1 saturated heterocycles. The van der Waals surface area contributed by atoms with Crippen LogP contribution < -0.4 is 0 Å². The van der Waals surface area contributed by atoms with Crippen molar-refractivity contribution in [2.24, 2.45) is 0 Å². The van der Waals surface area contributed by atoms with E-state index in [1.165, 1.54) is 0 Å². The molecule has 1 aliphatic heterocycles. The zero-order valence-electron chi connectivity index (χ0n) is 16.9. The summed E-state index contributed by atoms with van der Waals surface area (Å²) in [6, 6.07) is 18.3. The fourth-order valence-corrected chi connectivity index (χ4v) is 3.72. The van der Waals surface area contributed by atoms with Gasteiger partial charge in [-0.15, -0.1) is 5.10 Å². The lowest BCUT2D eigenvalue weighted by Gasteiger charge is -2.27. The fraction of sp³-hybridized carbons (Fsp3) is 0.348. The van der Waals surface area contributed by atoms with Crippen molar-refractivity contribution in [3.05, 3.63) is 66.0 Å². The Balaban J connectivity index is 1.50. The Hall–Kier alpha value is -2.99. The van der Waals surface area contributed by atoms with Crippen molar-refractivity contribution in [2.45, 2.75) is 32.3 Å². The van der Waals surface area contributed by atoms with E-state index in [1.54, 1.807) is 16.6 Å². The highest BCUT2D eigenvalue weighted by Gasteiger charge is 2.24. The van der Waals surface area contributed by atoms with Crippen LogP contribution in [0.2, 0.25) is 0 Å². The van der Waals surface area contributed by atoms with Crippen LogP contribution in [-0.4, -0.2) is 52.1 Å². The highest BCUT2D eigenvalue weighted by molar-refractivity contribution is 5.93. The van der Waals surface area contributed by atoms with Gasteiger partial charge in [-0.3, -0.25) is 4.79 Å². The third kappa shape index (κ3) is 4.22. The molecule has 6 nitrogen and oxygen atoms in total. The third-order valence-electron chi connectivity index (χ3n) is 5.41. The van der Waals surface area contributed by atoms with Crippen LogP contribution in [0.4, 0.5) is 0 Å². The Bertz CT molecular complexity index is 960. The minimum Gasteiger partial charge on any atom is -0.376 e. The summed E-state index contributed by atoms with van der Waals surface area (Å²) in [4.78, 5) is 14.6. The van der Waals surface area contributed by atoms with Crippen LogP contribution >= 0.6 is 0 Å². The van der Waals surface area contributed by atoms with Gasteiger partial charge in [0.25, 0.3) is 5.91 Å². The maximum Gasteiger partial charge on any atom is 0.276 e. The van der Waals surface area contributed by atoms with Crippen molar-refractivity contribution >= 4 is 5.91 Å². The average Bonchev–Trinajstić information content (AvgIpc) is 3.16. The molecule has 1 fully saturated rings. The summed E-state index contributed by atoms with van der Waals surface area (Å²) >= 11 is 0. The predicted molar refractivity (Wildman–Crippen MR) is 112 cm³/mol. The van der Waals surface area contributed by atoms with Gasteiger partial charge in [0, 0.05) is 20.2 Å². The lowest BCUT2D eigenvalue weighted by Crippen LogP contribution is -2.37. The van der Waals surface area contributed by atoms with Crippen molar-refractivity contribution in [2.75, 3.05) is 20.2 Å². The summed E-state index contributed by atoms with van der Waals surface area (Å²) in [6.45, 7) is 3.24. The van der Waals surface area contributed by atoms with Gasteiger partial charge in [0.2, 0.25) is 0 Å². The predicted octanol–water partition coefficient (Wildman–Crippen LogP) is 3.88. The number of benzene rings is 2. The zero-order chi connectivity index (χ0) is 20.2. The van der Waals surface area contributed by atoms with E-state index in [9.17, 15) is 4.79 Å². The molecule has 0 saturated carbocycles. The maximum absolute atomic E-state index is 12.9. The highest BCUT2D eigenvalue weighted by atomic mass is 16.5. The Morgan fingerprint density at radius 2 is 1.83 bits per heavy atom. The quantitative estimate of drug-likeness (QED) is 0.663. The number of likely N-dealkylation sites (N-methyl/N-ethyl adjacent to an activating group) is 1. The van der Waals surface area contributed by atoms with Crippen LogP contribution in [0, 0.1) is 6.92 Å². The Morgan fingerprint density at radius 3 is 2.52 bits per heavy atom. The number of amides is 1. The van der Waals surface area contributed by atoms with Gasteiger partial charge in [0.05, 0.1) is 17.5 Å². The van der Waals surface area contributed by atoms with Gasteiger partial charge in [-0.25, -0.2) is 4.68 Å². The second-order valence-corrected chi connectivity index (χ2v) is 7.52. The molecule has 1 atom stereocenters. The molecular weight excluding hydrogens is 364 g/mol. The van der Waals surface area contributed by atoms with Crippen molar-refractivity contribution in [3.63, 3.8) is 0 Å². The first kappa shape index (κ1) is 19.3. The Kier molecular flexibility index (Phi) is 5.71. The molecule has 3 aromatic rings. The second kappa shape index (κ2) is 8.57. The van der Waals surface area contributed by atoms with Gasteiger partial charge in [0.15, 0.2) is 5.69 Å². The number of carbonyl (C=O) groups excluding carboxylic acids is 1. The highest BCUT2D eigenvalue weighted by Crippen LogP contribution is 2.22. The summed E-state index contributed by atoms with van der Waals surface area (Å²) in [7, 11) is 1.80. The number of aromatic nitrogens is 3. The minimum atomic E-state index is -0.121. The monoisotopic (exact) mass is 390 g/mol. The summed E-state index contributed by atoms with van der Waals surface area (Å²) in [6.07, 6.45) is 3.36. The first-order valence-electron chi connectivity index (χ1n) is 10.1. The topological polar surface area (TPSA) is 60.3 Å². The molecule has 1 aromatic heterocycles. The van der Waals surface area contributed by atoms with Gasteiger partial charge < -0.3 is 9.64 Å². The molecule has 2 heterocycles. The normalized spacial score (nSPS) is 16.6. The van der Waals surface area contributed by atoms with Crippen LogP contribution in [-0.2, 0) is 4.74 Å². The molecule has 1 unspecified atom stereocenters. The molecule has 2 aromatic carbocycles. The van der Waals surface area contributed by atoms with Gasteiger partial charge in [-0.2, -0.15) is 0 Å². The number of ether oxygens (including phenoxy) is 1. The first-order valence-corrected chi connectivity index (χ1v) is 10.1. The molecule has 6 heteroatoms. The minimum absolute atomic E-state index is 0.110. The molecule has 0 aliphatic carbocycles. The number of nitrogens with zero attached hydrogens (tertiary/aromatic N) is 4. The number of hydrogen-bond acceptors (Lipinski definition) is 4. The SMILES string of the molecule is Cc1c(C(=O)N(C)CC2CCCCO2)nnn1-c1ccc(-c2ccccc2)cc1. The molecule has 1 amide bonds. The average molecular weight is 390 g/mol. The maximum atomic E-state index is 12.9. The molecule has 0 radical (unpaired) electrons. The first-order chi connectivity index (χ1) is 14.1. The smallest absolute Gasteiger partial charge is 0.276 e. The van der Waals surface area contributed by atoms with Crippen molar-refractivity contribution < 1.29 is 9.53 Å². The summed E-state index contributed by atoms with van der Waals surface area (Å²) < 4.78 is 7.47. The van der Waals surface area contributed by atoms with Crippen LogP contribution in [0.25, 0.3) is 16.8 Å². The van der Waals surface area contributed by atoms with Crippen molar-refractivity contribution in [3.8, 4) is 16.8 Å². The summed E-state index contributed by atoms with van der Waals surface area (Å²) in [5.74, 6) is -0.121. The summed E-state index contributed by atoms with van der Waals surface area (Å²) in [5, 5.41) is 8.39. The van der Waals surface area contributed by atoms with E-state index in [1.807, 2.05) is 37.3 Å². The van der Waals surface area contributed by atoms with Gasteiger partial charge in [-0.1, -0.05) is 47.7 Å². The molecule has 0 N–H and O–H groups in total. The van der Waals surface area contributed by atoms with Crippen LogP contribution in [0.3, 0.4) is 0 Å². The largest absolute Gasteiger partial charge is 0.376 e. The summed E-state index contributed by atoms with van der Waals surface area (Å²) in [5.41, 5.74) is 4.30. The zero-order valence-corrected chi connectivity index (χ0v) is 16.9. The fourth-order valence-electron chi connectivity index (χ4n) is 3.72. The van der Waals surface area contributed by atoms with E-state index in [-0.39, 0.29) is 12.0 Å². The molecule has 29 heavy (non-hydrogen) atoms. The van der Waals surface area contributed by atoms with Gasteiger partial charge >= 0.3 is 0 Å². The number of rotatable bonds is 5. The van der Waals surface area contributed by atoms with Crippen molar-refractivity contribution in [1.29, 1.82) is 0 Å².